The number of carbonyl (C=O) groups is 2. The molecule has 0 atom stereocenters. The normalized spacial score (nSPS) is 11.1. The minimum atomic E-state index is -0.353. The molecule has 2 rings (SSSR count). The molecule has 1 heterocycles. The molecular weight excluding hydrogens is 296 g/mol. The first-order chi connectivity index (χ1) is 10.3. The molecule has 2 aromatic rings. The lowest BCUT2D eigenvalue weighted by atomic mass is 9.94. The number of nitrogens with one attached hydrogen (secondary N) is 2. The van der Waals surface area contributed by atoms with Crippen molar-refractivity contribution in [1.29, 1.82) is 0 Å². The molecule has 0 aliphatic heterocycles. The maximum atomic E-state index is 12.1. The first-order valence-electron chi connectivity index (χ1n) is 7.04. The van der Waals surface area contributed by atoms with Gasteiger partial charge in [-0.05, 0) is 30.5 Å². The molecule has 0 aliphatic carbocycles. The summed E-state index contributed by atoms with van der Waals surface area (Å²) in [4.78, 5) is 24.3. The predicted molar refractivity (Wildman–Crippen MR) is 92.2 cm³/mol. The van der Waals surface area contributed by atoms with Crippen LogP contribution in [0.1, 0.15) is 41.6 Å². The standard InChI is InChI=1S/C17H20N2O2S/c1-11-5-7-13(8-6-11)18-16(21)19-15-12(10-20)9-14(22-15)17(2,3)4/h5-10H,1-4H3,(H2,18,19,21). The van der Waals surface area contributed by atoms with Crippen LogP contribution in [0.3, 0.4) is 0 Å². The average Bonchev–Trinajstić information content (AvgIpc) is 2.84. The Balaban J connectivity index is 2.12. The lowest BCUT2D eigenvalue weighted by Crippen LogP contribution is -2.19. The first kappa shape index (κ1) is 16.2. The van der Waals surface area contributed by atoms with Gasteiger partial charge in [0, 0.05) is 16.1 Å². The van der Waals surface area contributed by atoms with Crippen LogP contribution in [0.15, 0.2) is 30.3 Å². The number of aldehydes is 1. The highest BCUT2D eigenvalue weighted by atomic mass is 32.1. The molecule has 0 aliphatic rings. The molecule has 0 spiro atoms. The second kappa shape index (κ2) is 6.32. The zero-order valence-electron chi connectivity index (χ0n) is 13.2. The van der Waals surface area contributed by atoms with E-state index in [-0.39, 0.29) is 11.4 Å². The van der Waals surface area contributed by atoms with Crippen molar-refractivity contribution in [1.82, 2.24) is 0 Å². The van der Waals surface area contributed by atoms with Crippen molar-refractivity contribution in [2.75, 3.05) is 10.6 Å². The van der Waals surface area contributed by atoms with Gasteiger partial charge >= 0.3 is 6.03 Å². The molecule has 1 aromatic heterocycles. The molecular formula is C17H20N2O2S. The Kier molecular flexibility index (Phi) is 4.66. The third-order valence-electron chi connectivity index (χ3n) is 3.16. The van der Waals surface area contributed by atoms with Crippen LogP contribution in [0.4, 0.5) is 15.5 Å². The van der Waals surface area contributed by atoms with E-state index in [9.17, 15) is 9.59 Å². The lowest BCUT2D eigenvalue weighted by molar-refractivity contribution is 0.112. The van der Waals surface area contributed by atoms with Crippen LogP contribution in [0.5, 0.6) is 0 Å². The molecule has 22 heavy (non-hydrogen) atoms. The minimum Gasteiger partial charge on any atom is -0.308 e. The van der Waals surface area contributed by atoms with Crippen LogP contribution < -0.4 is 10.6 Å². The summed E-state index contributed by atoms with van der Waals surface area (Å²) in [5, 5.41) is 6.09. The van der Waals surface area contributed by atoms with Crippen molar-refractivity contribution < 1.29 is 9.59 Å². The number of anilines is 2. The third-order valence-corrected chi connectivity index (χ3v) is 4.66. The number of aryl methyl sites for hydroxylation is 1. The van der Waals surface area contributed by atoms with Gasteiger partial charge in [0.2, 0.25) is 0 Å². The van der Waals surface area contributed by atoms with E-state index in [1.807, 2.05) is 37.3 Å². The van der Waals surface area contributed by atoms with Gasteiger partial charge in [-0.3, -0.25) is 10.1 Å². The summed E-state index contributed by atoms with van der Waals surface area (Å²) in [7, 11) is 0. The van der Waals surface area contributed by atoms with E-state index in [0.717, 1.165) is 16.7 Å². The second-order valence-electron chi connectivity index (χ2n) is 6.21. The van der Waals surface area contributed by atoms with E-state index in [4.69, 9.17) is 0 Å². The van der Waals surface area contributed by atoms with Crippen LogP contribution in [-0.4, -0.2) is 12.3 Å². The number of hydrogen-bond acceptors (Lipinski definition) is 3. The Morgan fingerprint density at radius 3 is 2.32 bits per heavy atom. The number of benzene rings is 1. The number of rotatable bonds is 3. The van der Waals surface area contributed by atoms with Gasteiger partial charge in [0.25, 0.3) is 0 Å². The maximum absolute atomic E-state index is 12.1. The molecule has 2 N–H and O–H groups in total. The molecule has 4 nitrogen and oxygen atoms in total. The average molecular weight is 316 g/mol. The fourth-order valence-electron chi connectivity index (χ4n) is 1.86. The monoisotopic (exact) mass is 316 g/mol. The number of hydrogen-bond donors (Lipinski definition) is 2. The van der Waals surface area contributed by atoms with Crippen molar-refractivity contribution >= 4 is 34.3 Å². The smallest absolute Gasteiger partial charge is 0.308 e. The molecule has 1 aromatic carbocycles. The Bertz CT molecular complexity index is 682. The van der Waals surface area contributed by atoms with E-state index in [1.165, 1.54) is 11.3 Å². The fourth-order valence-corrected chi connectivity index (χ4v) is 2.94. The zero-order valence-corrected chi connectivity index (χ0v) is 14.0. The Hall–Kier alpha value is -2.14. The number of urea groups is 1. The van der Waals surface area contributed by atoms with Gasteiger partial charge in [-0.2, -0.15) is 0 Å². The molecule has 0 saturated carbocycles. The van der Waals surface area contributed by atoms with E-state index in [0.29, 0.717) is 16.3 Å². The number of amides is 2. The first-order valence-corrected chi connectivity index (χ1v) is 7.85. The van der Waals surface area contributed by atoms with Crippen molar-refractivity contribution in [2.24, 2.45) is 0 Å². The van der Waals surface area contributed by atoms with Gasteiger partial charge in [0.1, 0.15) is 5.00 Å². The van der Waals surface area contributed by atoms with Crippen LogP contribution in [0, 0.1) is 6.92 Å². The van der Waals surface area contributed by atoms with Crippen molar-refractivity contribution in [3.8, 4) is 0 Å². The predicted octanol–water partition coefficient (Wildman–Crippen LogP) is 4.81. The SMILES string of the molecule is Cc1ccc(NC(=O)Nc2sc(C(C)(C)C)cc2C=O)cc1. The molecule has 2 amide bonds. The Labute approximate surface area is 134 Å². The summed E-state index contributed by atoms with van der Waals surface area (Å²) >= 11 is 1.43. The van der Waals surface area contributed by atoms with Crippen molar-refractivity contribution in [3.63, 3.8) is 0 Å². The molecule has 5 heteroatoms. The quantitative estimate of drug-likeness (QED) is 0.798. The molecule has 116 valence electrons. The van der Waals surface area contributed by atoms with Gasteiger partial charge in [0.15, 0.2) is 6.29 Å². The highest BCUT2D eigenvalue weighted by Crippen LogP contribution is 2.35. The van der Waals surface area contributed by atoms with Gasteiger partial charge < -0.3 is 5.32 Å². The molecule has 0 unspecified atom stereocenters. The molecule has 0 radical (unpaired) electrons. The van der Waals surface area contributed by atoms with Gasteiger partial charge in [-0.15, -0.1) is 11.3 Å². The summed E-state index contributed by atoms with van der Waals surface area (Å²) in [5.74, 6) is 0. The minimum absolute atomic E-state index is 0.0597. The van der Waals surface area contributed by atoms with Crippen LogP contribution in [0.2, 0.25) is 0 Å². The van der Waals surface area contributed by atoms with Crippen LogP contribution in [0.25, 0.3) is 0 Å². The zero-order chi connectivity index (χ0) is 16.3. The summed E-state index contributed by atoms with van der Waals surface area (Å²) in [5.41, 5.74) is 2.29. The maximum Gasteiger partial charge on any atom is 0.324 e. The third kappa shape index (κ3) is 3.95. The Morgan fingerprint density at radius 2 is 1.77 bits per heavy atom. The summed E-state index contributed by atoms with van der Waals surface area (Å²) in [6.45, 7) is 8.20. The summed E-state index contributed by atoms with van der Waals surface area (Å²) < 4.78 is 0. The highest BCUT2D eigenvalue weighted by molar-refractivity contribution is 7.16. The van der Waals surface area contributed by atoms with Gasteiger partial charge in [-0.1, -0.05) is 38.5 Å². The fraction of sp³-hybridized carbons (Fsp3) is 0.294. The van der Waals surface area contributed by atoms with E-state index >= 15 is 0 Å². The van der Waals surface area contributed by atoms with Crippen molar-refractivity contribution in [3.05, 3.63) is 46.3 Å². The van der Waals surface area contributed by atoms with Gasteiger partial charge in [0.05, 0.1) is 0 Å². The number of thiophene rings is 1. The van der Waals surface area contributed by atoms with E-state index < -0.39 is 0 Å². The summed E-state index contributed by atoms with van der Waals surface area (Å²) in [6, 6.07) is 9.01. The largest absolute Gasteiger partial charge is 0.324 e. The second-order valence-corrected chi connectivity index (χ2v) is 7.26. The topological polar surface area (TPSA) is 58.2 Å². The van der Waals surface area contributed by atoms with E-state index in [2.05, 4.69) is 31.4 Å². The molecule has 0 bridgehead atoms. The van der Waals surface area contributed by atoms with Gasteiger partial charge in [-0.25, -0.2) is 4.79 Å². The van der Waals surface area contributed by atoms with E-state index in [1.54, 1.807) is 0 Å². The van der Waals surface area contributed by atoms with Crippen LogP contribution in [-0.2, 0) is 5.41 Å². The Morgan fingerprint density at radius 1 is 1.14 bits per heavy atom. The van der Waals surface area contributed by atoms with Crippen LogP contribution >= 0.6 is 11.3 Å². The highest BCUT2D eigenvalue weighted by Gasteiger charge is 2.20. The molecule has 0 fully saturated rings. The number of carbonyl (C=O) groups excluding carboxylic acids is 2. The molecule has 0 saturated heterocycles. The lowest BCUT2D eigenvalue weighted by Gasteiger charge is -2.15. The van der Waals surface area contributed by atoms with Crippen molar-refractivity contribution in [2.45, 2.75) is 33.1 Å². The summed E-state index contributed by atoms with van der Waals surface area (Å²) in [6.07, 6.45) is 0.771.